The monoisotopic (exact) mass is 397 g/mol. The first-order chi connectivity index (χ1) is 14.2. The van der Waals surface area contributed by atoms with Crippen molar-refractivity contribution in [1.29, 1.82) is 0 Å². The summed E-state index contributed by atoms with van der Waals surface area (Å²) in [7, 11) is 1.54. The number of nitrogens with zero attached hydrogens (tertiary/aromatic N) is 5. The topological polar surface area (TPSA) is 87.5 Å². The minimum atomic E-state index is -0.476. The van der Waals surface area contributed by atoms with Gasteiger partial charge in [-0.15, -0.1) is 0 Å². The Bertz CT molecular complexity index is 1250. The van der Waals surface area contributed by atoms with E-state index in [0.29, 0.717) is 17.1 Å². The van der Waals surface area contributed by atoms with E-state index in [9.17, 15) is 9.18 Å². The zero-order valence-corrected chi connectivity index (χ0v) is 16.0. The van der Waals surface area contributed by atoms with Gasteiger partial charge >= 0.3 is 0 Å². The number of hydrogen-bond donors (Lipinski definition) is 0. The Morgan fingerprint density at radius 3 is 2.90 bits per heavy atom. The first-order valence-corrected chi connectivity index (χ1v) is 9.70. The number of aromatic nitrogens is 5. The average Bonchev–Trinajstić information content (AvgIpc) is 3.47. The van der Waals surface area contributed by atoms with Crippen molar-refractivity contribution >= 4 is 16.6 Å². The molecular formula is C20H20FN5O3. The van der Waals surface area contributed by atoms with Gasteiger partial charge in [0.05, 0.1) is 12.1 Å². The molecule has 0 radical (unpaired) electrons. The Morgan fingerprint density at radius 2 is 2.10 bits per heavy atom. The first-order valence-electron chi connectivity index (χ1n) is 9.70. The summed E-state index contributed by atoms with van der Waals surface area (Å²) in [5.74, 6) is 0.653. The molecule has 1 aliphatic carbocycles. The maximum atomic E-state index is 14.6. The van der Waals surface area contributed by atoms with Crippen LogP contribution in [-0.4, -0.2) is 37.8 Å². The maximum Gasteiger partial charge on any atom is 0.277 e. The maximum absolute atomic E-state index is 14.6. The molecule has 1 saturated carbocycles. The van der Waals surface area contributed by atoms with Gasteiger partial charge in [0.2, 0.25) is 11.7 Å². The lowest BCUT2D eigenvalue weighted by Gasteiger charge is -2.12. The fraction of sp³-hybridized carbons (Fsp3) is 0.400. The van der Waals surface area contributed by atoms with Crippen LogP contribution >= 0.6 is 0 Å². The molecule has 0 saturated heterocycles. The number of benzene rings is 1. The first kappa shape index (κ1) is 18.0. The van der Waals surface area contributed by atoms with Crippen LogP contribution in [0.25, 0.3) is 28.1 Å². The molecule has 0 unspecified atom stereocenters. The molecule has 29 heavy (non-hydrogen) atoms. The van der Waals surface area contributed by atoms with Crippen molar-refractivity contribution in [3.05, 3.63) is 46.6 Å². The fourth-order valence-electron chi connectivity index (χ4n) is 4.16. The molecule has 0 spiro atoms. The van der Waals surface area contributed by atoms with Crippen LogP contribution in [0.15, 0.2) is 33.8 Å². The van der Waals surface area contributed by atoms with E-state index in [-0.39, 0.29) is 41.5 Å². The average molecular weight is 397 g/mol. The van der Waals surface area contributed by atoms with E-state index in [1.807, 2.05) is 0 Å². The number of ether oxygens (including phenoxy) is 1. The summed E-state index contributed by atoms with van der Waals surface area (Å²) in [4.78, 5) is 22.2. The zero-order valence-electron chi connectivity index (χ0n) is 16.0. The molecule has 8 nitrogen and oxygen atoms in total. The molecule has 0 bridgehead atoms. The highest BCUT2D eigenvalue weighted by Crippen LogP contribution is 2.34. The predicted octanol–water partition coefficient (Wildman–Crippen LogP) is 3.14. The lowest BCUT2D eigenvalue weighted by atomic mass is 10.1. The van der Waals surface area contributed by atoms with Crippen molar-refractivity contribution in [2.24, 2.45) is 0 Å². The number of para-hydroxylation sites is 1. The van der Waals surface area contributed by atoms with Crippen LogP contribution in [0.3, 0.4) is 0 Å². The number of methoxy groups -OCH3 is 1. The molecule has 1 fully saturated rings. The number of imidazole rings is 1. The van der Waals surface area contributed by atoms with Crippen molar-refractivity contribution < 1.29 is 13.7 Å². The van der Waals surface area contributed by atoms with E-state index >= 15 is 0 Å². The number of halogens is 1. The van der Waals surface area contributed by atoms with Gasteiger partial charge in [0, 0.05) is 19.6 Å². The summed E-state index contributed by atoms with van der Waals surface area (Å²) in [5, 5.41) is 4.08. The number of rotatable bonds is 5. The largest absolute Gasteiger partial charge is 0.383 e. The second-order valence-corrected chi connectivity index (χ2v) is 7.31. The van der Waals surface area contributed by atoms with E-state index in [1.54, 1.807) is 16.5 Å². The quantitative estimate of drug-likeness (QED) is 0.514. The second kappa shape index (κ2) is 7.07. The summed E-state index contributed by atoms with van der Waals surface area (Å²) in [6.07, 6.45) is 5.85. The lowest BCUT2D eigenvalue weighted by molar-refractivity contribution is 0.187. The van der Waals surface area contributed by atoms with Crippen LogP contribution in [0.4, 0.5) is 4.39 Å². The summed E-state index contributed by atoms with van der Waals surface area (Å²) >= 11 is 0. The molecule has 3 aromatic heterocycles. The summed E-state index contributed by atoms with van der Waals surface area (Å²) in [6.45, 7) is 0.491. The molecule has 5 rings (SSSR count). The SMILES string of the molecule is COCCn1c(=O)c2c(-c3noc(C4CCCC4)n3)ncn2c2cccc(F)c21. The molecule has 1 aliphatic rings. The van der Waals surface area contributed by atoms with Gasteiger partial charge in [0.1, 0.15) is 28.9 Å². The zero-order chi connectivity index (χ0) is 20.0. The van der Waals surface area contributed by atoms with Crippen molar-refractivity contribution in [1.82, 2.24) is 24.1 Å². The van der Waals surface area contributed by atoms with Gasteiger partial charge < -0.3 is 13.8 Å². The summed E-state index contributed by atoms with van der Waals surface area (Å²) in [6, 6.07) is 4.69. The summed E-state index contributed by atoms with van der Waals surface area (Å²) in [5.41, 5.74) is 0.998. The molecule has 150 valence electrons. The van der Waals surface area contributed by atoms with Gasteiger partial charge in [-0.3, -0.25) is 9.20 Å². The van der Waals surface area contributed by atoms with E-state index < -0.39 is 5.82 Å². The Labute approximate surface area is 164 Å². The van der Waals surface area contributed by atoms with Gasteiger partial charge in [-0.25, -0.2) is 9.37 Å². The van der Waals surface area contributed by atoms with Crippen molar-refractivity contribution in [3.63, 3.8) is 0 Å². The smallest absolute Gasteiger partial charge is 0.277 e. The van der Waals surface area contributed by atoms with Crippen molar-refractivity contribution in [2.45, 2.75) is 38.1 Å². The molecule has 1 aromatic carbocycles. The molecule has 0 atom stereocenters. The van der Waals surface area contributed by atoms with Crippen LogP contribution in [0.5, 0.6) is 0 Å². The van der Waals surface area contributed by atoms with Gasteiger partial charge in [-0.05, 0) is 25.0 Å². The Kier molecular flexibility index (Phi) is 4.39. The molecule has 4 aromatic rings. The third kappa shape index (κ3) is 2.84. The predicted molar refractivity (Wildman–Crippen MR) is 103 cm³/mol. The number of fused-ring (bicyclic) bond motifs is 3. The lowest BCUT2D eigenvalue weighted by Crippen LogP contribution is -2.25. The van der Waals surface area contributed by atoms with E-state index in [4.69, 9.17) is 9.26 Å². The molecule has 9 heteroatoms. The van der Waals surface area contributed by atoms with E-state index in [0.717, 1.165) is 25.7 Å². The minimum absolute atomic E-state index is 0.214. The highest BCUT2D eigenvalue weighted by atomic mass is 19.1. The normalized spacial score (nSPS) is 15.1. The summed E-state index contributed by atoms with van der Waals surface area (Å²) < 4.78 is 28.2. The van der Waals surface area contributed by atoms with Gasteiger partial charge in [0.15, 0.2) is 0 Å². The van der Waals surface area contributed by atoms with E-state index in [1.165, 1.54) is 24.1 Å². The Morgan fingerprint density at radius 1 is 1.28 bits per heavy atom. The molecular weight excluding hydrogens is 377 g/mol. The van der Waals surface area contributed by atoms with Gasteiger partial charge in [-0.1, -0.05) is 24.1 Å². The van der Waals surface area contributed by atoms with Crippen LogP contribution in [0.1, 0.15) is 37.5 Å². The third-order valence-corrected chi connectivity index (χ3v) is 5.59. The Balaban J connectivity index is 1.73. The standard InChI is InChI=1S/C20H20FN5O3/c1-28-10-9-25-16-13(21)7-4-8-14(16)26-11-22-15(17(26)20(25)27)18-23-19(29-24-18)12-5-2-3-6-12/h4,7-8,11-12H,2-3,5-6,9-10H2,1H3. The van der Waals surface area contributed by atoms with E-state index in [2.05, 4.69) is 15.1 Å². The minimum Gasteiger partial charge on any atom is -0.383 e. The third-order valence-electron chi connectivity index (χ3n) is 5.59. The van der Waals surface area contributed by atoms with Crippen LogP contribution < -0.4 is 5.56 Å². The highest BCUT2D eigenvalue weighted by Gasteiger charge is 2.26. The van der Waals surface area contributed by atoms with Crippen LogP contribution in [-0.2, 0) is 11.3 Å². The van der Waals surface area contributed by atoms with Crippen molar-refractivity contribution in [2.75, 3.05) is 13.7 Å². The van der Waals surface area contributed by atoms with Crippen molar-refractivity contribution in [3.8, 4) is 11.5 Å². The molecule has 0 N–H and O–H groups in total. The molecule has 0 amide bonds. The Hall–Kier alpha value is -3.07. The molecule has 3 heterocycles. The second-order valence-electron chi connectivity index (χ2n) is 7.31. The molecule has 0 aliphatic heterocycles. The van der Waals surface area contributed by atoms with Gasteiger partial charge in [0.25, 0.3) is 5.56 Å². The number of hydrogen-bond acceptors (Lipinski definition) is 6. The van der Waals surface area contributed by atoms with Crippen LogP contribution in [0, 0.1) is 5.82 Å². The fourth-order valence-corrected chi connectivity index (χ4v) is 4.16. The van der Waals surface area contributed by atoms with Gasteiger partial charge in [-0.2, -0.15) is 4.98 Å². The van der Waals surface area contributed by atoms with Crippen LogP contribution in [0.2, 0.25) is 0 Å². The highest BCUT2D eigenvalue weighted by molar-refractivity contribution is 5.83.